The third-order valence-corrected chi connectivity index (χ3v) is 3.62. The van der Waals surface area contributed by atoms with Gasteiger partial charge in [-0.25, -0.2) is 0 Å². The minimum absolute atomic E-state index is 0.136. The molecule has 1 atom stereocenters. The van der Waals surface area contributed by atoms with Crippen LogP contribution in [0.4, 0.5) is 8.78 Å². The first kappa shape index (κ1) is 12.0. The van der Waals surface area contributed by atoms with E-state index in [1.165, 1.54) is 0 Å². The van der Waals surface area contributed by atoms with Gasteiger partial charge in [0.1, 0.15) is 0 Å². The van der Waals surface area contributed by atoms with Crippen LogP contribution in [0.1, 0.15) is 33.1 Å². The maximum absolute atomic E-state index is 12.6. The minimum atomic E-state index is -1.49. The van der Waals surface area contributed by atoms with Crippen LogP contribution >= 0.6 is 0 Å². The molecular formula is C12H19F2NO. The Morgan fingerprint density at radius 3 is 2.88 bits per heavy atom. The fourth-order valence-corrected chi connectivity index (χ4v) is 2.79. The first-order valence-corrected chi connectivity index (χ1v) is 5.93. The second-order valence-electron chi connectivity index (χ2n) is 5.15. The second kappa shape index (κ2) is 4.41. The molecule has 2 fully saturated rings. The Morgan fingerprint density at radius 1 is 1.50 bits per heavy atom. The molecule has 0 amide bonds. The molecule has 0 unspecified atom stereocenters. The van der Waals surface area contributed by atoms with Gasteiger partial charge < -0.3 is 4.74 Å². The molecule has 2 aliphatic rings. The number of hydrogen-bond acceptors (Lipinski definition) is 2. The number of halogens is 2. The lowest BCUT2D eigenvalue weighted by atomic mass is 9.93. The molecule has 92 valence electrons. The van der Waals surface area contributed by atoms with Crippen LogP contribution in [-0.4, -0.2) is 36.2 Å². The summed E-state index contributed by atoms with van der Waals surface area (Å²) in [5, 5.41) is 0. The Bertz CT molecular complexity index is 299. The number of hydrogen-bond donors (Lipinski definition) is 0. The maximum Gasteiger partial charge on any atom is 0.270 e. The first-order chi connectivity index (χ1) is 7.53. The van der Waals surface area contributed by atoms with Gasteiger partial charge in [-0.1, -0.05) is 0 Å². The molecule has 2 rings (SSSR count). The summed E-state index contributed by atoms with van der Waals surface area (Å²) in [5.74, 6) is 0. The van der Waals surface area contributed by atoms with Crippen molar-refractivity contribution in [3.63, 3.8) is 0 Å². The van der Waals surface area contributed by atoms with Crippen LogP contribution in [0.15, 0.2) is 11.7 Å². The number of nitrogens with zero attached hydrogens (tertiary/aromatic N) is 1. The predicted molar refractivity (Wildman–Crippen MR) is 58.5 cm³/mol. The number of rotatable bonds is 3. The van der Waals surface area contributed by atoms with Crippen molar-refractivity contribution in [2.24, 2.45) is 0 Å². The Labute approximate surface area is 95.3 Å². The second-order valence-corrected chi connectivity index (χ2v) is 5.15. The molecule has 0 aromatic carbocycles. The summed E-state index contributed by atoms with van der Waals surface area (Å²) in [7, 11) is 0. The van der Waals surface area contributed by atoms with Crippen molar-refractivity contribution >= 4 is 0 Å². The maximum atomic E-state index is 12.6. The molecule has 16 heavy (non-hydrogen) atoms. The van der Waals surface area contributed by atoms with E-state index in [-0.39, 0.29) is 11.6 Å². The van der Waals surface area contributed by atoms with Crippen LogP contribution in [0.3, 0.4) is 0 Å². The highest BCUT2D eigenvalue weighted by Gasteiger charge is 2.47. The molecular weight excluding hydrogens is 212 g/mol. The zero-order valence-electron chi connectivity index (χ0n) is 9.93. The quantitative estimate of drug-likeness (QED) is 0.740. The number of ether oxygens (including phenoxy) is 1. The van der Waals surface area contributed by atoms with Crippen LogP contribution < -0.4 is 0 Å². The summed E-state index contributed by atoms with van der Waals surface area (Å²) in [6, 6.07) is 0. The summed E-state index contributed by atoms with van der Waals surface area (Å²) >= 11 is 0. The smallest absolute Gasteiger partial charge is 0.270 e. The molecule has 0 N–H and O–H groups in total. The van der Waals surface area contributed by atoms with E-state index >= 15 is 0 Å². The van der Waals surface area contributed by atoms with Crippen molar-refractivity contribution < 1.29 is 13.5 Å². The van der Waals surface area contributed by atoms with Crippen molar-refractivity contribution in [3.05, 3.63) is 11.7 Å². The van der Waals surface area contributed by atoms with Gasteiger partial charge in [0.25, 0.3) is 6.08 Å². The Kier molecular flexibility index (Phi) is 3.31. The third-order valence-electron chi connectivity index (χ3n) is 3.62. The van der Waals surface area contributed by atoms with Crippen molar-refractivity contribution in [1.82, 2.24) is 4.90 Å². The van der Waals surface area contributed by atoms with E-state index in [4.69, 9.17) is 4.74 Å². The van der Waals surface area contributed by atoms with Gasteiger partial charge in [-0.05, 0) is 39.7 Å². The van der Waals surface area contributed by atoms with Gasteiger partial charge in [-0.2, -0.15) is 8.78 Å². The van der Waals surface area contributed by atoms with E-state index in [2.05, 4.69) is 4.90 Å². The summed E-state index contributed by atoms with van der Waals surface area (Å²) in [6.45, 7) is 5.91. The van der Waals surface area contributed by atoms with Crippen LogP contribution in [0.5, 0.6) is 0 Å². The van der Waals surface area contributed by atoms with Crippen LogP contribution in [-0.2, 0) is 4.74 Å². The first-order valence-electron chi connectivity index (χ1n) is 5.93. The van der Waals surface area contributed by atoms with E-state index in [0.717, 1.165) is 19.4 Å². The van der Waals surface area contributed by atoms with Crippen LogP contribution in [0, 0.1) is 0 Å². The minimum Gasteiger partial charge on any atom is -0.377 e. The van der Waals surface area contributed by atoms with Gasteiger partial charge in [-0.15, -0.1) is 0 Å². The highest BCUT2D eigenvalue weighted by Crippen LogP contribution is 2.42. The normalized spacial score (nSPS) is 30.2. The summed E-state index contributed by atoms with van der Waals surface area (Å²) in [6.07, 6.45) is 1.25. The molecule has 2 aliphatic heterocycles. The van der Waals surface area contributed by atoms with Crippen LogP contribution in [0.2, 0.25) is 0 Å². The Balaban J connectivity index is 2.09. The molecule has 0 saturated carbocycles. The molecule has 0 aromatic heterocycles. The van der Waals surface area contributed by atoms with E-state index in [9.17, 15) is 8.78 Å². The third kappa shape index (κ3) is 2.13. The average Bonchev–Trinajstić information content (AvgIpc) is 2.70. The number of fused-ring (bicyclic) bond motifs is 1. The topological polar surface area (TPSA) is 12.5 Å². The average molecular weight is 231 g/mol. The molecule has 0 bridgehead atoms. The standard InChI is InChI=1S/C12H19F2NO/c1-9(2)16-8-12-4-3-5-15(12)7-10(6-12)11(13)14/h9H,3-8H2,1-2H3/t12-/m1/s1. The van der Waals surface area contributed by atoms with Gasteiger partial charge in [0, 0.05) is 17.7 Å². The highest BCUT2D eigenvalue weighted by atomic mass is 19.3. The molecule has 2 nitrogen and oxygen atoms in total. The molecule has 2 heterocycles. The molecule has 4 heteroatoms. The zero-order chi connectivity index (χ0) is 11.8. The van der Waals surface area contributed by atoms with Gasteiger partial charge in [0.05, 0.1) is 12.7 Å². The lowest BCUT2D eigenvalue weighted by molar-refractivity contribution is 0.00327. The molecule has 2 saturated heterocycles. The van der Waals surface area contributed by atoms with Crippen molar-refractivity contribution in [3.8, 4) is 0 Å². The van der Waals surface area contributed by atoms with E-state index in [1.807, 2.05) is 13.8 Å². The zero-order valence-corrected chi connectivity index (χ0v) is 9.93. The highest BCUT2D eigenvalue weighted by molar-refractivity contribution is 5.21. The summed E-state index contributed by atoms with van der Waals surface area (Å²) < 4.78 is 30.9. The predicted octanol–water partition coefficient (Wildman–Crippen LogP) is 2.80. The monoisotopic (exact) mass is 231 g/mol. The van der Waals surface area contributed by atoms with Gasteiger partial charge in [0.2, 0.25) is 0 Å². The molecule has 0 aromatic rings. The SMILES string of the molecule is CC(C)OC[C@]12CCCN1CC(=C(F)F)C2. The van der Waals surface area contributed by atoms with E-state index < -0.39 is 6.08 Å². The van der Waals surface area contributed by atoms with Gasteiger partial charge in [0.15, 0.2) is 0 Å². The van der Waals surface area contributed by atoms with Gasteiger partial charge in [-0.3, -0.25) is 4.90 Å². The fraction of sp³-hybridized carbons (Fsp3) is 0.833. The van der Waals surface area contributed by atoms with Crippen molar-refractivity contribution in [2.75, 3.05) is 19.7 Å². The summed E-state index contributed by atoms with van der Waals surface area (Å²) in [4.78, 5) is 2.17. The van der Waals surface area contributed by atoms with E-state index in [0.29, 0.717) is 25.1 Å². The summed E-state index contributed by atoms with van der Waals surface area (Å²) in [5.41, 5.74) is 0.176. The Hall–Kier alpha value is -0.480. The van der Waals surface area contributed by atoms with Gasteiger partial charge >= 0.3 is 0 Å². The van der Waals surface area contributed by atoms with Crippen LogP contribution in [0.25, 0.3) is 0 Å². The lowest BCUT2D eigenvalue weighted by Gasteiger charge is -2.31. The molecule has 0 aliphatic carbocycles. The largest absolute Gasteiger partial charge is 0.377 e. The van der Waals surface area contributed by atoms with E-state index in [1.54, 1.807) is 0 Å². The van der Waals surface area contributed by atoms with Crippen molar-refractivity contribution in [1.29, 1.82) is 0 Å². The van der Waals surface area contributed by atoms with Crippen molar-refractivity contribution in [2.45, 2.75) is 44.8 Å². The molecule has 0 radical (unpaired) electrons. The Morgan fingerprint density at radius 2 is 2.25 bits per heavy atom. The lowest BCUT2D eigenvalue weighted by Crippen LogP contribution is -2.43. The fourth-order valence-electron chi connectivity index (χ4n) is 2.79. The molecule has 0 spiro atoms.